The van der Waals surface area contributed by atoms with Crippen molar-refractivity contribution >= 4 is 27.4 Å². The molecular weight excluding hydrogens is 979 g/mol. The largest absolute Gasteiger partial charge is 0.469 e. The van der Waals surface area contributed by atoms with E-state index in [-0.39, 0.29) is 77.8 Å². The number of phosphoric acid groups is 1. The molecule has 8 saturated carbocycles. The highest BCUT2D eigenvalue weighted by Gasteiger charge is 2.66. The Hall–Kier alpha value is -1.66. The summed E-state index contributed by atoms with van der Waals surface area (Å²) in [6, 6.07) is 9.87. The molecule has 0 bridgehead atoms. The van der Waals surface area contributed by atoms with Gasteiger partial charge < -0.3 is 38.5 Å². The summed E-state index contributed by atoms with van der Waals surface area (Å²) in [4.78, 5) is 43.1. The molecule has 8 aliphatic rings. The van der Waals surface area contributed by atoms with Crippen molar-refractivity contribution in [2.75, 3.05) is 20.9 Å². The molecular formula is C59H98O13P2. The molecule has 1 aromatic rings. The van der Waals surface area contributed by atoms with Gasteiger partial charge in [-0.2, -0.15) is 0 Å². The van der Waals surface area contributed by atoms with Gasteiger partial charge in [0.15, 0.2) is 0 Å². The number of hydrogen-bond donors (Lipinski definition) is 4. The Balaban J connectivity index is 0.000000217. The number of carbonyl (C=O) groups excluding carboxylic acids is 2. The van der Waals surface area contributed by atoms with Crippen LogP contribution in [0, 0.1) is 92.7 Å². The van der Waals surface area contributed by atoms with Gasteiger partial charge in [-0.1, -0.05) is 79.3 Å². The Morgan fingerprint density at radius 2 is 1.01 bits per heavy atom. The van der Waals surface area contributed by atoms with Crippen LogP contribution >= 0.6 is 15.4 Å². The normalized spacial score (nSPS) is 42.8. The van der Waals surface area contributed by atoms with Crippen LogP contribution in [-0.2, 0) is 48.4 Å². The molecule has 0 spiro atoms. The van der Waals surface area contributed by atoms with E-state index in [1.165, 1.54) is 27.1 Å². The van der Waals surface area contributed by atoms with Crippen molar-refractivity contribution in [1.82, 2.24) is 0 Å². The topological polar surface area (TPSA) is 195 Å². The summed E-state index contributed by atoms with van der Waals surface area (Å²) in [5.41, 5.74) is 1.53. The summed E-state index contributed by atoms with van der Waals surface area (Å²) in [6.07, 6.45) is 17.1. The highest BCUT2D eigenvalue weighted by molar-refractivity contribution is 7.53. The maximum Gasteiger partial charge on any atom is 0.469 e. The molecule has 9 rings (SSSR count). The third-order valence-corrected chi connectivity index (χ3v) is 24.6. The zero-order valence-electron chi connectivity index (χ0n) is 45.8. The first-order valence-corrected chi connectivity index (χ1v) is 32.1. The first-order valence-electron chi connectivity index (χ1n) is 28.5. The van der Waals surface area contributed by atoms with Crippen LogP contribution in [0.3, 0.4) is 0 Å². The molecule has 0 radical (unpaired) electrons. The van der Waals surface area contributed by atoms with Gasteiger partial charge in [0.25, 0.3) is 0 Å². The lowest BCUT2D eigenvalue weighted by Gasteiger charge is -2.63. The molecule has 422 valence electrons. The van der Waals surface area contributed by atoms with Crippen molar-refractivity contribution in [2.45, 2.75) is 208 Å². The summed E-state index contributed by atoms with van der Waals surface area (Å²) >= 11 is 0. The van der Waals surface area contributed by atoms with Crippen LogP contribution in [0.4, 0.5) is 0 Å². The van der Waals surface area contributed by atoms with Gasteiger partial charge in [-0.25, -0.2) is 4.57 Å². The minimum absolute atomic E-state index is 0. The SMILES string of the molecule is C.COC(=O)CC[C@@H](C)[C@H]1CC[C@H]2[C@@H]3[C@H](OP(=O)(O)O)C[C@@H]4C[C@H](O)CC[C@]4(C)[C@H]3CC[C@]12C.COC(=O)CC[C@@H](C)[C@H]1CC[C@H]2[C@@H]3[C@H](OP(C)(=O)OCc4ccccc4)C[C@@H]4C[C@H](O)CC[C@]4(C)[C@H]3CC[C@]12C. The fraction of sp³-hybridized carbons (Fsp3) is 0.864. The van der Waals surface area contributed by atoms with E-state index >= 15 is 0 Å². The lowest BCUT2D eigenvalue weighted by molar-refractivity contribution is -0.171. The zero-order chi connectivity index (χ0) is 52.9. The van der Waals surface area contributed by atoms with Gasteiger partial charge in [0.05, 0.1) is 45.2 Å². The van der Waals surface area contributed by atoms with E-state index in [0.717, 1.165) is 95.5 Å². The predicted molar refractivity (Wildman–Crippen MR) is 287 cm³/mol. The van der Waals surface area contributed by atoms with Gasteiger partial charge in [0.1, 0.15) is 0 Å². The summed E-state index contributed by atoms with van der Waals surface area (Å²) < 4.78 is 53.7. The molecule has 0 aromatic heterocycles. The second kappa shape index (κ2) is 23.6. The van der Waals surface area contributed by atoms with Crippen molar-refractivity contribution in [3.8, 4) is 0 Å². The average Bonchev–Trinajstić information content (AvgIpc) is 3.89. The van der Waals surface area contributed by atoms with E-state index in [1.807, 2.05) is 30.3 Å². The summed E-state index contributed by atoms with van der Waals surface area (Å²) in [5, 5.41) is 21.0. The van der Waals surface area contributed by atoms with Crippen molar-refractivity contribution in [3.05, 3.63) is 35.9 Å². The van der Waals surface area contributed by atoms with Crippen LogP contribution < -0.4 is 0 Å². The average molecular weight is 1080 g/mol. The number of benzene rings is 1. The summed E-state index contributed by atoms with van der Waals surface area (Å²) in [5.74, 6) is 4.42. The molecule has 0 amide bonds. The predicted octanol–water partition coefficient (Wildman–Crippen LogP) is 12.9. The molecule has 0 aliphatic heterocycles. The van der Waals surface area contributed by atoms with Gasteiger partial charge in [-0.05, 0) is 214 Å². The molecule has 4 N–H and O–H groups in total. The van der Waals surface area contributed by atoms with E-state index < -0.39 is 21.5 Å². The minimum Gasteiger partial charge on any atom is -0.469 e. The van der Waals surface area contributed by atoms with Gasteiger partial charge in [-0.3, -0.25) is 18.7 Å². The Morgan fingerprint density at radius 3 is 1.43 bits per heavy atom. The van der Waals surface area contributed by atoms with Crippen molar-refractivity contribution < 1.29 is 61.8 Å². The van der Waals surface area contributed by atoms with Crippen LogP contribution in [0.1, 0.15) is 183 Å². The van der Waals surface area contributed by atoms with E-state index in [9.17, 15) is 38.7 Å². The standard InChI is InChI=1S/C33H51O6P.C25H43O7P.CH4/c1-22(11-14-30(35)37-4)26-12-13-27-31-28(16-18-33(26,27)3)32(2)17-15-25(34)19-24(32)20-29(31)39-40(5,36)38-21-23-9-7-6-8-10-23;1-15(5-8-22(27)31-4)18-6-7-19-23-20(10-12-25(18,19)3)24(2)11-9-17(26)13-16(24)14-21(23)32-33(28,29)30;/h6-10,22,24-29,31,34H,11-21H2,1-5H3;15-21,23,26H,5-14H2,1-4H3,(H2,28,29,30);1H4/t22-,24+,25-,26-,27+,28+,29-,31+,32+,33-,40?;15-,16+,17-,18-,19+,20+,21-,23+,24+,25-;/m11./s1. The molecule has 8 fully saturated rings. The number of methoxy groups -OCH3 is 2. The second-order valence-electron chi connectivity index (χ2n) is 26.3. The van der Waals surface area contributed by atoms with Crippen LogP contribution in [0.2, 0.25) is 0 Å². The number of hydrogen-bond acceptors (Lipinski definition) is 11. The number of aliphatic hydroxyl groups is 2. The van der Waals surface area contributed by atoms with Gasteiger partial charge in [-0.15, -0.1) is 0 Å². The van der Waals surface area contributed by atoms with Gasteiger partial charge >= 0.3 is 27.4 Å². The highest BCUT2D eigenvalue weighted by atomic mass is 31.2. The first kappa shape index (κ1) is 60.0. The summed E-state index contributed by atoms with van der Waals surface area (Å²) in [7, 11) is -5.02. The third kappa shape index (κ3) is 12.2. The fourth-order valence-corrected chi connectivity index (χ4v) is 20.8. The molecule has 1 aromatic carbocycles. The van der Waals surface area contributed by atoms with Gasteiger partial charge in [0, 0.05) is 19.5 Å². The van der Waals surface area contributed by atoms with Crippen LogP contribution in [-0.4, -0.2) is 77.2 Å². The minimum atomic E-state index is -4.61. The Kier molecular flexibility index (Phi) is 19.1. The molecule has 8 aliphatic carbocycles. The Labute approximate surface area is 445 Å². The van der Waals surface area contributed by atoms with E-state index in [1.54, 1.807) is 6.66 Å². The van der Waals surface area contributed by atoms with Crippen LogP contribution in [0.5, 0.6) is 0 Å². The van der Waals surface area contributed by atoms with E-state index in [4.69, 9.17) is 23.0 Å². The number of aliphatic hydroxyl groups excluding tert-OH is 2. The molecule has 15 heteroatoms. The number of fused-ring (bicyclic) bond motifs is 10. The Bertz CT molecular complexity index is 2150. The lowest BCUT2D eigenvalue weighted by atomic mass is 9.43. The number of phosphoric ester groups is 1. The van der Waals surface area contributed by atoms with Gasteiger partial charge in [0.2, 0.25) is 0 Å². The number of rotatable bonds is 15. The smallest absolute Gasteiger partial charge is 0.469 e. The third-order valence-electron chi connectivity index (χ3n) is 22.8. The molecule has 74 heavy (non-hydrogen) atoms. The lowest BCUT2D eigenvalue weighted by Crippen LogP contribution is -2.59. The fourth-order valence-electron chi connectivity index (χ4n) is 19.0. The maximum absolute atomic E-state index is 13.8. The van der Waals surface area contributed by atoms with Crippen molar-refractivity contribution in [1.29, 1.82) is 0 Å². The monoisotopic (exact) mass is 1080 g/mol. The molecule has 13 nitrogen and oxygen atoms in total. The van der Waals surface area contributed by atoms with Crippen molar-refractivity contribution in [3.63, 3.8) is 0 Å². The molecule has 0 saturated heterocycles. The van der Waals surface area contributed by atoms with Crippen LogP contribution in [0.15, 0.2) is 30.3 Å². The molecule has 21 atom stereocenters. The Morgan fingerprint density at radius 1 is 0.608 bits per heavy atom. The second-order valence-corrected chi connectivity index (χ2v) is 29.5. The number of ether oxygens (including phenoxy) is 2. The molecule has 0 heterocycles. The maximum atomic E-state index is 13.8. The zero-order valence-corrected chi connectivity index (χ0v) is 47.6. The first-order chi connectivity index (χ1) is 34.4. The number of carbonyl (C=O) groups is 2. The van der Waals surface area contributed by atoms with Crippen LogP contribution in [0.25, 0.3) is 0 Å². The highest BCUT2D eigenvalue weighted by Crippen LogP contribution is 2.72. The summed E-state index contributed by atoms with van der Waals surface area (Å²) in [6.45, 7) is 16.2. The van der Waals surface area contributed by atoms with Crippen molar-refractivity contribution in [2.24, 2.45) is 92.7 Å². The molecule has 1 unspecified atom stereocenters. The quantitative estimate of drug-likeness (QED) is 0.0958. The van der Waals surface area contributed by atoms with E-state index in [2.05, 4.69) is 41.5 Å². The van der Waals surface area contributed by atoms with E-state index in [0.29, 0.717) is 84.9 Å². The number of esters is 2.